The summed E-state index contributed by atoms with van der Waals surface area (Å²) in [5, 5.41) is 6.37. The summed E-state index contributed by atoms with van der Waals surface area (Å²) < 4.78 is 0. The minimum Gasteiger partial charge on any atom is -0.368 e. The molecule has 0 bridgehead atoms. The molecule has 0 saturated carbocycles. The Balaban J connectivity index is 0.000000902. The molecule has 2 heterocycles. The molecular formula is C34H47N5O2. The average Bonchev–Trinajstić information content (AvgIpc) is 3.18. The zero-order chi connectivity index (χ0) is 30.0. The highest BCUT2D eigenvalue weighted by Gasteiger charge is 2.21. The molecule has 1 unspecified atom stereocenters. The molecule has 2 amide bonds. The summed E-state index contributed by atoms with van der Waals surface area (Å²) in [5.74, 6) is 0.511. The lowest BCUT2D eigenvalue weighted by atomic mass is 10.1. The number of benzene rings is 2. The van der Waals surface area contributed by atoms with Crippen molar-refractivity contribution >= 4 is 23.3 Å². The summed E-state index contributed by atoms with van der Waals surface area (Å²) in [4.78, 5) is 33.6. The number of allylic oxidation sites excluding steroid dienone is 2. The maximum absolute atomic E-state index is 13.2. The van der Waals surface area contributed by atoms with E-state index in [0.29, 0.717) is 31.9 Å². The van der Waals surface area contributed by atoms with E-state index in [-0.39, 0.29) is 11.8 Å². The molecule has 1 aliphatic rings. The van der Waals surface area contributed by atoms with Crippen molar-refractivity contribution in [3.63, 3.8) is 0 Å². The van der Waals surface area contributed by atoms with Gasteiger partial charge >= 0.3 is 0 Å². The number of carbonyl (C=O) groups is 2. The summed E-state index contributed by atoms with van der Waals surface area (Å²) in [6.45, 7) is 12.9. The molecule has 1 saturated heterocycles. The van der Waals surface area contributed by atoms with Gasteiger partial charge in [0.1, 0.15) is 11.9 Å². The van der Waals surface area contributed by atoms with Crippen LogP contribution < -0.4 is 15.5 Å². The number of rotatable bonds is 8. The van der Waals surface area contributed by atoms with Crippen LogP contribution in [0.5, 0.6) is 0 Å². The molecule has 2 N–H and O–H groups in total. The van der Waals surface area contributed by atoms with Crippen molar-refractivity contribution in [1.82, 2.24) is 15.2 Å². The molecule has 7 nitrogen and oxygen atoms in total. The average molecular weight is 558 g/mol. The molecule has 41 heavy (non-hydrogen) atoms. The second-order valence-electron chi connectivity index (χ2n) is 9.64. The van der Waals surface area contributed by atoms with E-state index in [2.05, 4.69) is 51.7 Å². The van der Waals surface area contributed by atoms with Crippen molar-refractivity contribution in [2.75, 3.05) is 43.4 Å². The molecular weight excluding hydrogens is 510 g/mol. The summed E-state index contributed by atoms with van der Waals surface area (Å²) in [6, 6.07) is 21.5. The van der Waals surface area contributed by atoms with Crippen LogP contribution in [0.25, 0.3) is 0 Å². The van der Waals surface area contributed by atoms with Crippen molar-refractivity contribution in [2.24, 2.45) is 0 Å². The number of amides is 2. The second-order valence-corrected chi connectivity index (χ2v) is 9.64. The predicted octanol–water partition coefficient (Wildman–Crippen LogP) is 6.18. The van der Waals surface area contributed by atoms with Crippen LogP contribution in [0.1, 0.15) is 56.8 Å². The number of pyridine rings is 1. The SMILES string of the molecule is C/C=C\C.CC.Cc1ccc(CCNC(C(=O)Nc2ccc(N3CCC(=O)N(C)CC3)cn2)c2ccccc2)cc1. The Bertz CT molecular complexity index is 1190. The van der Waals surface area contributed by atoms with Gasteiger partial charge in [-0.05, 0) is 50.5 Å². The molecule has 1 atom stereocenters. The molecule has 0 spiro atoms. The molecule has 1 fully saturated rings. The second kappa shape index (κ2) is 18.4. The number of anilines is 2. The zero-order valence-electron chi connectivity index (χ0n) is 25.6. The lowest BCUT2D eigenvalue weighted by Gasteiger charge is -2.22. The first kappa shape index (κ1) is 33.2. The van der Waals surface area contributed by atoms with E-state index >= 15 is 0 Å². The Morgan fingerprint density at radius 1 is 0.951 bits per heavy atom. The standard InChI is InChI=1S/C28H33N5O2.C4H8.C2H6/c1-21-8-10-22(11-9-21)14-16-29-27(23-6-4-3-5-7-23)28(35)31-25-13-12-24(20-30-25)33-17-15-26(34)32(2)18-19-33;1-3-4-2;1-2/h3-13,20,27,29H,14-19H2,1-2H3,(H,30,31,35);3-4H,1-2H3;1-2H3/b;4-3-;. The fourth-order valence-corrected chi connectivity index (χ4v) is 4.16. The first-order valence-corrected chi connectivity index (χ1v) is 14.6. The number of carbonyl (C=O) groups excluding carboxylic acids is 2. The smallest absolute Gasteiger partial charge is 0.247 e. The maximum Gasteiger partial charge on any atom is 0.247 e. The van der Waals surface area contributed by atoms with E-state index in [1.165, 1.54) is 11.1 Å². The predicted molar refractivity (Wildman–Crippen MR) is 171 cm³/mol. The topological polar surface area (TPSA) is 77.6 Å². The Morgan fingerprint density at radius 3 is 2.24 bits per heavy atom. The number of nitrogens with one attached hydrogen (secondary N) is 2. The van der Waals surface area contributed by atoms with Gasteiger partial charge in [-0.1, -0.05) is 86.2 Å². The third kappa shape index (κ3) is 11.2. The van der Waals surface area contributed by atoms with Crippen LogP contribution >= 0.6 is 0 Å². The number of hydrogen-bond acceptors (Lipinski definition) is 5. The van der Waals surface area contributed by atoms with Crippen molar-refractivity contribution in [2.45, 2.75) is 53.5 Å². The van der Waals surface area contributed by atoms with Gasteiger partial charge in [-0.25, -0.2) is 4.98 Å². The van der Waals surface area contributed by atoms with Crippen LogP contribution in [0, 0.1) is 6.92 Å². The first-order chi connectivity index (χ1) is 19.9. The Labute approximate surface area is 246 Å². The van der Waals surface area contributed by atoms with Gasteiger partial charge in [-0.2, -0.15) is 0 Å². The monoisotopic (exact) mass is 557 g/mol. The van der Waals surface area contributed by atoms with Crippen LogP contribution in [0.3, 0.4) is 0 Å². The quantitative estimate of drug-likeness (QED) is 0.324. The number of aromatic nitrogens is 1. The summed E-state index contributed by atoms with van der Waals surface area (Å²) in [7, 11) is 1.83. The van der Waals surface area contributed by atoms with Gasteiger partial charge in [0.15, 0.2) is 0 Å². The normalized spacial score (nSPS) is 13.9. The number of likely N-dealkylation sites (N-methyl/N-ethyl adjacent to an activating group) is 1. The van der Waals surface area contributed by atoms with E-state index in [9.17, 15) is 9.59 Å². The maximum atomic E-state index is 13.2. The van der Waals surface area contributed by atoms with Gasteiger partial charge in [0.25, 0.3) is 0 Å². The van der Waals surface area contributed by atoms with Crippen molar-refractivity contribution in [3.05, 3.63) is 102 Å². The Kier molecular flexibility index (Phi) is 14.9. The van der Waals surface area contributed by atoms with Crippen LogP contribution in [0.2, 0.25) is 0 Å². The highest BCUT2D eigenvalue weighted by atomic mass is 16.2. The molecule has 0 radical (unpaired) electrons. The minimum absolute atomic E-state index is 0.151. The number of nitrogens with zero attached hydrogens (tertiary/aromatic N) is 3. The van der Waals surface area contributed by atoms with Crippen LogP contribution in [-0.2, 0) is 16.0 Å². The lowest BCUT2D eigenvalue weighted by Crippen LogP contribution is -2.34. The molecule has 3 aromatic rings. The van der Waals surface area contributed by atoms with Gasteiger partial charge in [-0.3, -0.25) is 9.59 Å². The summed E-state index contributed by atoms with van der Waals surface area (Å²) in [5.41, 5.74) is 4.32. The highest BCUT2D eigenvalue weighted by Crippen LogP contribution is 2.19. The zero-order valence-corrected chi connectivity index (χ0v) is 25.6. The van der Waals surface area contributed by atoms with Gasteiger partial charge in [0.2, 0.25) is 11.8 Å². The molecule has 7 heteroatoms. The van der Waals surface area contributed by atoms with Gasteiger partial charge in [0, 0.05) is 39.6 Å². The summed E-state index contributed by atoms with van der Waals surface area (Å²) >= 11 is 0. The van der Waals surface area contributed by atoms with E-state index < -0.39 is 6.04 Å². The van der Waals surface area contributed by atoms with Crippen molar-refractivity contribution in [3.8, 4) is 0 Å². The van der Waals surface area contributed by atoms with Crippen LogP contribution in [0.15, 0.2) is 85.1 Å². The molecule has 0 aliphatic carbocycles. The van der Waals surface area contributed by atoms with Crippen molar-refractivity contribution in [1.29, 1.82) is 0 Å². The Morgan fingerprint density at radius 2 is 1.63 bits per heavy atom. The van der Waals surface area contributed by atoms with Crippen molar-refractivity contribution < 1.29 is 9.59 Å². The van der Waals surface area contributed by atoms with Crippen LogP contribution in [0.4, 0.5) is 11.5 Å². The lowest BCUT2D eigenvalue weighted by molar-refractivity contribution is -0.129. The fraction of sp³-hybridized carbons (Fsp3) is 0.382. The third-order valence-corrected chi connectivity index (χ3v) is 6.70. The molecule has 2 aromatic carbocycles. The van der Waals surface area contributed by atoms with Crippen LogP contribution in [-0.4, -0.2) is 54.9 Å². The van der Waals surface area contributed by atoms with E-state index in [4.69, 9.17) is 0 Å². The van der Waals surface area contributed by atoms with Gasteiger partial charge in [0.05, 0.1) is 11.9 Å². The number of aryl methyl sites for hydroxylation is 1. The molecule has 1 aliphatic heterocycles. The number of hydrogen-bond donors (Lipinski definition) is 2. The summed E-state index contributed by atoms with van der Waals surface area (Å²) in [6.07, 6.45) is 7.08. The minimum atomic E-state index is -0.490. The molecule has 4 rings (SSSR count). The fourth-order valence-electron chi connectivity index (χ4n) is 4.16. The van der Waals surface area contributed by atoms with Gasteiger partial charge < -0.3 is 20.4 Å². The molecule has 220 valence electrons. The van der Waals surface area contributed by atoms with E-state index in [0.717, 1.165) is 24.2 Å². The highest BCUT2D eigenvalue weighted by molar-refractivity contribution is 5.94. The molecule has 1 aromatic heterocycles. The Hall–Kier alpha value is -3.97. The third-order valence-electron chi connectivity index (χ3n) is 6.70. The largest absolute Gasteiger partial charge is 0.368 e. The van der Waals surface area contributed by atoms with E-state index in [1.54, 1.807) is 11.1 Å². The first-order valence-electron chi connectivity index (χ1n) is 14.6. The van der Waals surface area contributed by atoms with E-state index in [1.807, 2.05) is 89.4 Å². The van der Waals surface area contributed by atoms with Gasteiger partial charge in [-0.15, -0.1) is 0 Å².